The third-order valence-electron chi connectivity index (χ3n) is 6.11. The zero-order valence-electron chi connectivity index (χ0n) is 23.6. The maximum absolute atomic E-state index is 15.2. The molecule has 0 aliphatic carbocycles. The Morgan fingerprint density at radius 2 is 1.98 bits per heavy atom. The highest BCUT2D eigenvalue weighted by molar-refractivity contribution is 8.13. The van der Waals surface area contributed by atoms with Gasteiger partial charge in [-0.25, -0.2) is 19.0 Å². The second kappa shape index (κ2) is 13.2. The minimum Gasteiger partial charge on any atom is -0.444 e. The Hall–Kier alpha value is -3.93. The maximum Gasteiger partial charge on any atom is 0.414 e. The fourth-order valence-corrected chi connectivity index (χ4v) is 4.99. The normalized spacial score (nSPS) is 16.4. The Labute approximate surface area is 243 Å². The van der Waals surface area contributed by atoms with Gasteiger partial charge in [-0.05, 0) is 50.1 Å². The molecule has 1 saturated heterocycles. The number of ether oxygens (including phenoxy) is 2. The third-order valence-corrected chi connectivity index (χ3v) is 6.99. The number of hydrogen-bond acceptors (Lipinski definition) is 8. The lowest BCUT2D eigenvalue weighted by Crippen LogP contribution is -2.37. The number of hydrogen-bond donors (Lipinski definition) is 1. The van der Waals surface area contributed by atoms with E-state index in [4.69, 9.17) is 9.47 Å². The number of amidine groups is 1. The minimum atomic E-state index is -0.631. The highest BCUT2D eigenvalue weighted by Gasteiger charge is 2.32. The van der Waals surface area contributed by atoms with Crippen molar-refractivity contribution in [2.45, 2.75) is 45.9 Å². The first kappa shape index (κ1) is 30.0. The number of aliphatic imine (C=N–C) groups is 2. The number of benzene rings is 2. The second-order valence-corrected chi connectivity index (χ2v) is 11.7. The summed E-state index contributed by atoms with van der Waals surface area (Å²) in [7, 11) is 0. The van der Waals surface area contributed by atoms with Gasteiger partial charge in [-0.15, -0.1) is 0 Å². The van der Waals surface area contributed by atoms with Crippen molar-refractivity contribution in [3.05, 3.63) is 53.8 Å². The van der Waals surface area contributed by atoms with Crippen LogP contribution >= 0.6 is 11.8 Å². The number of cyclic esters (lactones) is 1. The lowest BCUT2D eigenvalue weighted by atomic mass is 10.0. The Morgan fingerprint density at radius 1 is 1.22 bits per heavy atom. The van der Waals surface area contributed by atoms with E-state index in [-0.39, 0.29) is 19.0 Å². The van der Waals surface area contributed by atoms with Gasteiger partial charge in [-0.3, -0.25) is 14.7 Å². The summed E-state index contributed by atoms with van der Waals surface area (Å²) in [6.45, 7) is 8.61. The summed E-state index contributed by atoms with van der Waals surface area (Å²) in [5.41, 5.74) is 1.64. The molecule has 1 atom stereocenters. The van der Waals surface area contributed by atoms with E-state index in [0.717, 1.165) is 5.56 Å². The number of nitrogens with zero attached hydrogens (tertiary/aromatic N) is 4. The molecule has 3 amide bonds. The number of thioether (sulfide) groups is 1. The molecule has 0 unspecified atom stereocenters. The summed E-state index contributed by atoms with van der Waals surface area (Å²) in [5, 5.41) is 3.33. The summed E-state index contributed by atoms with van der Waals surface area (Å²) >= 11 is 1.49. The number of carbonyl (C=O) groups excluding carboxylic acids is 3. The van der Waals surface area contributed by atoms with E-state index in [2.05, 4.69) is 15.3 Å². The molecule has 10 nitrogen and oxygen atoms in total. The lowest BCUT2D eigenvalue weighted by molar-refractivity contribution is -0.119. The Kier molecular flexibility index (Phi) is 9.64. The van der Waals surface area contributed by atoms with Gasteiger partial charge in [0.2, 0.25) is 5.91 Å². The predicted molar refractivity (Wildman–Crippen MR) is 158 cm³/mol. The Morgan fingerprint density at radius 3 is 2.61 bits per heavy atom. The van der Waals surface area contributed by atoms with Gasteiger partial charge >= 0.3 is 12.2 Å². The van der Waals surface area contributed by atoms with E-state index < -0.39 is 29.7 Å². The average Bonchev–Trinajstić information content (AvgIpc) is 3.56. The number of halogens is 1. The van der Waals surface area contributed by atoms with Crippen LogP contribution in [-0.4, -0.2) is 78.0 Å². The summed E-state index contributed by atoms with van der Waals surface area (Å²) in [6, 6.07) is 11.9. The van der Waals surface area contributed by atoms with E-state index in [1.165, 1.54) is 29.7 Å². The van der Waals surface area contributed by atoms with E-state index in [1.54, 1.807) is 35.4 Å². The first-order valence-corrected chi connectivity index (χ1v) is 14.3. The molecular formula is C29H34FN5O5S. The molecule has 12 heteroatoms. The molecule has 2 aromatic carbocycles. The van der Waals surface area contributed by atoms with E-state index >= 15 is 4.39 Å². The van der Waals surface area contributed by atoms with E-state index in [0.29, 0.717) is 47.4 Å². The van der Waals surface area contributed by atoms with Crippen LogP contribution in [0.15, 0.2) is 52.4 Å². The van der Waals surface area contributed by atoms with Crippen molar-refractivity contribution in [2.24, 2.45) is 9.98 Å². The van der Waals surface area contributed by atoms with Gasteiger partial charge in [0.1, 0.15) is 17.5 Å². The first-order chi connectivity index (χ1) is 19.5. The van der Waals surface area contributed by atoms with Gasteiger partial charge in [0.05, 0.1) is 25.3 Å². The zero-order chi connectivity index (χ0) is 29.6. The predicted octanol–water partition coefficient (Wildman–Crippen LogP) is 4.86. The maximum atomic E-state index is 15.2. The van der Waals surface area contributed by atoms with Crippen LogP contribution in [0.4, 0.5) is 19.7 Å². The van der Waals surface area contributed by atoms with Crippen LogP contribution < -0.4 is 10.2 Å². The first-order valence-electron chi connectivity index (χ1n) is 13.3. The molecule has 2 heterocycles. The van der Waals surface area contributed by atoms with Crippen LogP contribution in [0.1, 0.15) is 33.3 Å². The minimum absolute atomic E-state index is 0.193. The second-order valence-electron chi connectivity index (χ2n) is 10.6. The van der Waals surface area contributed by atoms with Crippen molar-refractivity contribution < 1.29 is 28.2 Å². The SMILES string of the molecule is CC(=O)NC[C@H]1CN(c2ccc(-c3ccc(CN(CCSC4=NCC=N4)C(=O)OC(C)(C)C)cc3)c(F)c2)C(=O)O1. The standard InChI is InChI=1S/C29H34FN5O5S/c1-19(36)33-16-23-18-35(28(38)39-23)22-9-10-24(25(30)15-22)21-7-5-20(6-8-21)17-34(27(37)40-29(2,3)4)13-14-41-26-31-11-12-32-26/h5-11,15,23H,12-14,16-18H2,1-4H3,(H,33,36)/t23-/m0/s1. The molecule has 4 rings (SSSR count). The smallest absolute Gasteiger partial charge is 0.414 e. The molecule has 1 N–H and O–H groups in total. The molecule has 0 spiro atoms. The fourth-order valence-electron chi connectivity index (χ4n) is 4.18. The number of carbonyl (C=O) groups is 3. The van der Waals surface area contributed by atoms with Gasteiger partial charge in [0, 0.05) is 37.5 Å². The van der Waals surface area contributed by atoms with Crippen LogP contribution in [0.25, 0.3) is 11.1 Å². The van der Waals surface area contributed by atoms with E-state index in [9.17, 15) is 14.4 Å². The summed E-state index contributed by atoms with van der Waals surface area (Å²) in [4.78, 5) is 47.8. The fraction of sp³-hybridized carbons (Fsp3) is 0.414. The van der Waals surface area contributed by atoms with Crippen LogP contribution in [-0.2, 0) is 20.8 Å². The van der Waals surface area contributed by atoms with Crippen molar-refractivity contribution >= 4 is 46.9 Å². The number of nitrogens with one attached hydrogen (secondary N) is 1. The van der Waals surface area contributed by atoms with Crippen LogP contribution in [0, 0.1) is 5.82 Å². The van der Waals surface area contributed by atoms with Gasteiger partial charge in [-0.2, -0.15) is 0 Å². The van der Waals surface area contributed by atoms with Crippen molar-refractivity contribution in [1.29, 1.82) is 0 Å². The van der Waals surface area contributed by atoms with Gasteiger partial charge in [0.25, 0.3) is 0 Å². The Bertz CT molecular complexity index is 1340. The summed E-state index contributed by atoms with van der Waals surface area (Å²) in [5.74, 6) is -0.0930. The molecule has 2 aliphatic rings. The molecule has 1 fully saturated rings. The topological polar surface area (TPSA) is 113 Å². The third kappa shape index (κ3) is 8.53. The molecule has 0 saturated carbocycles. The van der Waals surface area contributed by atoms with Crippen LogP contribution in [0.3, 0.4) is 0 Å². The van der Waals surface area contributed by atoms with Gasteiger partial charge in [0.15, 0.2) is 5.17 Å². The number of rotatable bonds is 9. The lowest BCUT2D eigenvalue weighted by Gasteiger charge is -2.27. The highest BCUT2D eigenvalue weighted by atomic mass is 32.2. The summed E-state index contributed by atoms with van der Waals surface area (Å²) in [6.07, 6.45) is 0.234. The molecule has 2 aliphatic heterocycles. The number of anilines is 1. The van der Waals surface area contributed by atoms with Crippen LogP contribution in [0.5, 0.6) is 0 Å². The average molecular weight is 584 g/mol. The Balaban J connectivity index is 1.41. The van der Waals surface area contributed by atoms with Crippen molar-refractivity contribution in [3.63, 3.8) is 0 Å². The van der Waals surface area contributed by atoms with Crippen molar-refractivity contribution in [1.82, 2.24) is 10.2 Å². The number of amides is 3. The van der Waals surface area contributed by atoms with E-state index in [1.807, 2.05) is 32.9 Å². The van der Waals surface area contributed by atoms with Crippen molar-refractivity contribution in [3.8, 4) is 11.1 Å². The molecular weight excluding hydrogens is 549 g/mol. The monoisotopic (exact) mass is 583 g/mol. The van der Waals surface area contributed by atoms with Gasteiger partial charge in [-0.1, -0.05) is 36.0 Å². The van der Waals surface area contributed by atoms with Gasteiger partial charge < -0.3 is 19.7 Å². The highest BCUT2D eigenvalue weighted by Crippen LogP contribution is 2.29. The van der Waals surface area contributed by atoms with Crippen molar-refractivity contribution in [2.75, 3.05) is 36.8 Å². The molecule has 0 aromatic heterocycles. The summed E-state index contributed by atoms with van der Waals surface area (Å²) < 4.78 is 26.1. The molecule has 0 bridgehead atoms. The molecule has 2 aromatic rings. The largest absolute Gasteiger partial charge is 0.444 e. The zero-order valence-corrected chi connectivity index (χ0v) is 24.4. The van der Waals surface area contributed by atoms with Crippen LogP contribution in [0.2, 0.25) is 0 Å². The molecule has 41 heavy (non-hydrogen) atoms. The molecule has 218 valence electrons. The quantitative estimate of drug-likeness (QED) is 0.451. The molecule has 0 radical (unpaired) electrons.